The molecule has 0 unspecified atom stereocenters. The first-order valence-electron chi connectivity index (χ1n) is 13.0. The minimum absolute atomic E-state index is 0.146. The molecule has 0 aliphatic carbocycles. The lowest BCUT2D eigenvalue weighted by Crippen LogP contribution is -2.44. The average molecular weight is 524 g/mol. The Morgan fingerprint density at radius 2 is 1.69 bits per heavy atom. The molecule has 1 aliphatic rings. The lowest BCUT2D eigenvalue weighted by atomic mass is 10.0. The van der Waals surface area contributed by atoms with Gasteiger partial charge in [-0.25, -0.2) is 14.2 Å². The zero-order valence-electron chi connectivity index (χ0n) is 21.9. The number of halogens is 1. The Kier molecular flexibility index (Phi) is 6.58. The molecular weight excluding hydrogens is 493 g/mol. The van der Waals surface area contributed by atoms with E-state index in [1.165, 1.54) is 12.1 Å². The molecule has 2 aromatic heterocycles. The fraction of sp³-hybridized carbons (Fsp3) is 0.233. The molecule has 8 nitrogen and oxygen atoms in total. The maximum absolute atomic E-state index is 13.6. The minimum atomic E-state index is -0.296. The molecule has 3 heterocycles. The van der Waals surface area contributed by atoms with Crippen LogP contribution in [0.2, 0.25) is 0 Å². The molecular formula is C30H30FN7O. The van der Waals surface area contributed by atoms with Gasteiger partial charge in [-0.1, -0.05) is 18.2 Å². The van der Waals surface area contributed by atoms with Gasteiger partial charge in [0.15, 0.2) is 0 Å². The molecule has 39 heavy (non-hydrogen) atoms. The van der Waals surface area contributed by atoms with E-state index < -0.39 is 0 Å². The van der Waals surface area contributed by atoms with Crippen LogP contribution >= 0.6 is 0 Å². The van der Waals surface area contributed by atoms with Crippen molar-refractivity contribution >= 4 is 22.8 Å². The summed E-state index contributed by atoms with van der Waals surface area (Å²) in [5, 5.41) is 10.4. The van der Waals surface area contributed by atoms with E-state index in [4.69, 9.17) is 0 Å². The maximum Gasteiger partial charge on any atom is 0.319 e. The molecule has 6 rings (SSSR count). The van der Waals surface area contributed by atoms with Gasteiger partial charge in [-0.3, -0.25) is 9.25 Å². The van der Waals surface area contributed by atoms with Crippen LogP contribution in [-0.4, -0.2) is 56.4 Å². The van der Waals surface area contributed by atoms with E-state index in [2.05, 4.69) is 38.7 Å². The number of piperidine rings is 1. The zero-order valence-corrected chi connectivity index (χ0v) is 21.9. The molecule has 0 radical (unpaired) electrons. The Labute approximate surface area is 226 Å². The number of benzene rings is 3. The number of hydrogen-bond donors (Lipinski definition) is 2. The lowest BCUT2D eigenvalue weighted by molar-refractivity contribution is 0.221. The molecule has 9 heteroatoms. The van der Waals surface area contributed by atoms with E-state index in [-0.39, 0.29) is 17.9 Å². The molecule has 3 aromatic carbocycles. The molecule has 1 fully saturated rings. The monoisotopic (exact) mass is 523 g/mol. The highest BCUT2D eigenvalue weighted by atomic mass is 19.1. The van der Waals surface area contributed by atoms with Crippen molar-refractivity contribution in [3.8, 4) is 27.9 Å². The first-order valence-corrected chi connectivity index (χ1v) is 13.0. The third-order valence-electron chi connectivity index (χ3n) is 7.27. The summed E-state index contributed by atoms with van der Waals surface area (Å²) in [7, 11) is 3.99. The van der Waals surface area contributed by atoms with Crippen molar-refractivity contribution in [1.29, 1.82) is 0 Å². The van der Waals surface area contributed by atoms with Gasteiger partial charge in [0.05, 0.1) is 17.2 Å². The van der Waals surface area contributed by atoms with Crippen molar-refractivity contribution < 1.29 is 9.18 Å². The minimum Gasteiger partial charge on any atom is -0.335 e. The van der Waals surface area contributed by atoms with Crippen LogP contribution in [-0.2, 0) is 7.05 Å². The number of anilines is 1. The number of rotatable bonds is 5. The van der Waals surface area contributed by atoms with Crippen molar-refractivity contribution in [3.63, 3.8) is 0 Å². The van der Waals surface area contributed by atoms with Gasteiger partial charge in [-0.05, 0) is 92.1 Å². The third kappa shape index (κ3) is 5.39. The third-order valence-corrected chi connectivity index (χ3v) is 7.27. The summed E-state index contributed by atoms with van der Waals surface area (Å²) in [5.41, 5.74) is 7.02. The fourth-order valence-corrected chi connectivity index (χ4v) is 5.11. The van der Waals surface area contributed by atoms with Crippen LogP contribution in [0.1, 0.15) is 12.8 Å². The van der Waals surface area contributed by atoms with E-state index in [1.807, 2.05) is 54.3 Å². The van der Waals surface area contributed by atoms with E-state index in [1.54, 1.807) is 23.1 Å². The largest absolute Gasteiger partial charge is 0.335 e. The number of urea groups is 1. The number of fused-ring (bicyclic) bond motifs is 1. The number of likely N-dealkylation sites (tertiary alicyclic amines) is 1. The number of carbonyl (C=O) groups excluding carboxylic acids is 1. The Morgan fingerprint density at radius 1 is 0.923 bits per heavy atom. The molecule has 5 aromatic rings. The topological polar surface area (TPSA) is 80.0 Å². The molecule has 1 saturated heterocycles. The maximum atomic E-state index is 13.6. The molecule has 0 spiro atoms. The van der Waals surface area contributed by atoms with Gasteiger partial charge in [-0.15, -0.1) is 0 Å². The number of aromatic nitrogens is 4. The van der Waals surface area contributed by atoms with Gasteiger partial charge in [0.1, 0.15) is 12.1 Å². The van der Waals surface area contributed by atoms with Crippen LogP contribution in [0.25, 0.3) is 39.0 Å². The van der Waals surface area contributed by atoms with Crippen LogP contribution in [0, 0.1) is 5.82 Å². The summed E-state index contributed by atoms with van der Waals surface area (Å²) in [5.74, 6) is -0.296. The molecule has 0 saturated carbocycles. The normalized spacial score (nSPS) is 14.5. The van der Waals surface area contributed by atoms with Crippen LogP contribution in [0.15, 0.2) is 79.4 Å². The van der Waals surface area contributed by atoms with Crippen molar-refractivity contribution in [1.82, 2.24) is 29.5 Å². The van der Waals surface area contributed by atoms with E-state index in [0.717, 1.165) is 64.9 Å². The van der Waals surface area contributed by atoms with Crippen molar-refractivity contribution in [3.05, 3.63) is 85.2 Å². The molecule has 198 valence electrons. The second-order valence-electron chi connectivity index (χ2n) is 10.2. The molecule has 0 bridgehead atoms. The van der Waals surface area contributed by atoms with E-state index in [0.29, 0.717) is 5.69 Å². The average Bonchev–Trinajstić information content (AvgIpc) is 3.56. The van der Waals surface area contributed by atoms with Gasteiger partial charge in [-0.2, -0.15) is 5.10 Å². The zero-order chi connectivity index (χ0) is 26.9. The summed E-state index contributed by atoms with van der Waals surface area (Å²) < 4.78 is 17.4. The second kappa shape index (κ2) is 10.3. The van der Waals surface area contributed by atoms with Gasteiger partial charge in [0, 0.05) is 36.2 Å². The Balaban J connectivity index is 1.34. The summed E-state index contributed by atoms with van der Waals surface area (Å²) in [4.78, 5) is 19.9. The highest BCUT2D eigenvalue weighted by molar-refractivity contribution is 5.91. The number of nitrogens with zero attached hydrogens (tertiary/aromatic N) is 5. The van der Waals surface area contributed by atoms with Gasteiger partial charge < -0.3 is 15.5 Å². The van der Waals surface area contributed by atoms with Crippen LogP contribution in [0.5, 0.6) is 0 Å². The number of hydrogen-bond acceptors (Lipinski definition) is 4. The standard InChI is InChI=1S/C30H30FN7O/c1-36-11-9-25(10-12-36)34-30(39)35-26-13-22(20-3-6-24(31)7-4-20)14-27(16-26)38-19-32-28-15-21(5-8-29(28)38)23-17-33-37(2)18-23/h3-8,13-19,25H,9-12H2,1-2H3,(H2,34,35,39). The summed E-state index contributed by atoms with van der Waals surface area (Å²) in [6.07, 6.45) is 7.43. The van der Waals surface area contributed by atoms with Crippen molar-refractivity contribution in [2.75, 3.05) is 25.5 Å². The number of amides is 2. The van der Waals surface area contributed by atoms with Crippen LogP contribution in [0.4, 0.5) is 14.9 Å². The molecule has 1 aliphatic heterocycles. The van der Waals surface area contributed by atoms with Gasteiger partial charge in [0.25, 0.3) is 0 Å². The Hall–Kier alpha value is -4.50. The first kappa shape index (κ1) is 24.8. The quantitative estimate of drug-likeness (QED) is 0.321. The Bertz CT molecular complexity index is 1630. The predicted molar refractivity (Wildman–Crippen MR) is 151 cm³/mol. The number of carbonyl (C=O) groups is 1. The predicted octanol–water partition coefficient (Wildman–Crippen LogP) is 5.45. The number of imidazole rings is 1. The lowest BCUT2D eigenvalue weighted by Gasteiger charge is -2.29. The van der Waals surface area contributed by atoms with E-state index >= 15 is 0 Å². The summed E-state index contributed by atoms with van der Waals surface area (Å²) >= 11 is 0. The summed E-state index contributed by atoms with van der Waals surface area (Å²) in [6, 6.07) is 18.3. The fourth-order valence-electron chi connectivity index (χ4n) is 5.11. The van der Waals surface area contributed by atoms with Crippen LogP contribution in [0.3, 0.4) is 0 Å². The molecule has 2 N–H and O–H groups in total. The van der Waals surface area contributed by atoms with Crippen molar-refractivity contribution in [2.45, 2.75) is 18.9 Å². The molecule has 0 atom stereocenters. The first-order chi connectivity index (χ1) is 18.9. The SMILES string of the molecule is CN1CCC(NC(=O)Nc2cc(-c3ccc(F)cc3)cc(-n3cnc4cc(-c5cnn(C)c5)ccc43)c2)CC1. The smallest absolute Gasteiger partial charge is 0.319 e. The Morgan fingerprint density at radius 3 is 2.44 bits per heavy atom. The highest BCUT2D eigenvalue weighted by Crippen LogP contribution is 2.30. The molecule has 2 amide bonds. The second-order valence-corrected chi connectivity index (χ2v) is 10.2. The highest BCUT2D eigenvalue weighted by Gasteiger charge is 2.19. The van der Waals surface area contributed by atoms with Gasteiger partial charge in [0.2, 0.25) is 0 Å². The van der Waals surface area contributed by atoms with Gasteiger partial charge >= 0.3 is 6.03 Å². The van der Waals surface area contributed by atoms with Crippen molar-refractivity contribution in [2.24, 2.45) is 7.05 Å². The number of nitrogens with one attached hydrogen (secondary N) is 2. The summed E-state index contributed by atoms with van der Waals surface area (Å²) in [6.45, 7) is 1.93. The number of aryl methyl sites for hydroxylation is 1. The van der Waals surface area contributed by atoms with Crippen LogP contribution < -0.4 is 10.6 Å². The van der Waals surface area contributed by atoms with E-state index in [9.17, 15) is 9.18 Å².